The van der Waals surface area contributed by atoms with E-state index in [1.165, 1.54) is 11.4 Å². The summed E-state index contributed by atoms with van der Waals surface area (Å²) in [5.41, 5.74) is 0.0198. The Bertz CT molecular complexity index is 815. The van der Waals surface area contributed by atoms with Gasteiger partial charge in [0, 0.05) is 31.8 Å². The van der Waals surface area contributed by atoms with Crippen molar-refractivity contribution in [2.45, 2.75) is 29.9 Å². The van der Waals surface area contributed by atoms with Gasteiger partial charge in [0.15, 0.2) is 0 Å². The van der Waals surface area contributed by atoms with E-state index < -0.39 is 20.9 Å². The lowest BCUT2D eigenvalue weighted by Gasteiger charge is -2.39. The molecule has 7 nitrogen and oxygen atoms in total. The Morgan fingerprint density at radius 1 is 1.35 bits per heavy atom. The first-order chi connectivity index (χ1) is 12.3. The summed E-state index contributed by atoms with van der Waals surface area (Å²) < 4.78 is 38.7. The number of halogens is 1. The van der Waals surface area contributed by atoms with Crippen LogP contribution in [0.3, 0.4) is 0 Å². The molecule has 9 heteroatoms. The molecular formula is C17H21ClN2O5S. The number of benzene rings is 1. The molecule has 0 radical (unpaired) electrons. The molecule has 3 aliphatic heterocycles. The maximum Gasteiger partial charge on any atom is 0.248 e. The van der Waals surface area contributed by atoms with Gasteiger partial charge in [-0.3, -0.25) is 4.79 Å². The fraction of sp³-hybridized carbons (Fsp3) is 0.588. The van der Waals surface area contributed by atoms with Crippen LogP contribution < -0.4 is 0 Å². The van der Waals surface area contributed by atoms with Crippen molar-refractivity contribution >= 4 is 27.5 Å². The fourth-order valence-electron chi connectivity index (χ4n) is 4.29. The van der Waals surface area contributed by atoms with Gasteiger partial charge in [-0.15, -0.1) is 0 Å². The number of fused-ring (bicyclic) bond motifs is 1. The van der Waals surface area contributed by atoms with Crippen LogP contribution in [0.4, 0.5) is 0 Å². The number of morpholine rings is 1. The fourth-order valence-corrected chi connectivity index (χ4v) is 6.71. The van der Waals surface area contributed by atoms with Crippen molar-refractivity contribution in [3.8, 4) is 0 Å². The number of carbonyl (C=O) groups excluding carboxylic acids is 1. The van der Waals surface area contributed by atoms with Gasteiger partial charge in [-0.2, -0.15) is 4.31 Å². The largest absolute Gasteiger partial charge is 0.375 e. The predicted molar refractivity (Wildman–Crippen MR) is 95.2 cm³/mol. The average molecular weight is 401 g/mol. The Hall–Kier alpha value is -1.19. The number of nitrogens with zero attached hydrogens (tertiary/aromatic N) is 2. The smallest absolute Gasteiger partial charge is 0.248 e. The first-order valence-corrected chi connectivity index (χ1v) is 10.4. The minimum Gasteiger partial charge on any atom is -0.375 e. The van der Waals surface area contributed by atoms with Gasteiger partial charge in [0.1, 0.15) is 17.5 Å². The Labute approximate surface area is 157 Å². The standard InChI is InChI=1S/C17H21ClN2O5S/c1-24-9-16(21)19-8-14-6-15-17(10-19,25-14)11-20(26(15,22)23)7-12-2-4-13(18)5-3-12/h2-5,14-15H,6-11H2,1H3/t14-,15+,17+/m1/s1. The quantitative estimate of drug-likeness (QED) is 0.749. The van der Waals surface area contributed by atoms with Crippen LogP contribution in [0.1, 0.15) is 12.0 Å². The second kappa shape index (κ2) is 6.45. The van der Waals surface area contributed by atoms with Gasteiger partial charge in [-0.25, -0.2) is 8.42 Å². The molecule has 3 atom stereocenters. The Kier molecular flexibility index (Phi) is 4.51. The van der Waals surface area contributed by atoms with Crippen molar-refractivity contribution in [2.24, 2.45) is 0 Å². The van der Waals surface area contributed by atoms with E-state index in [2.05, 4.69) is 0 Å². The number of sulfonamides is 1. The highest BCUT2D eigenvalue weighted by molar-refractivity contribution is 7.90. The first-order valence-electron chi connectivity index (χ1n) is 8.52. The van der Waals surface area contributed by atoms with E-state index in [0.717, 1.165) is 5.56 Å². The van der Waals surface area contributed by atoms with E-state index in [9.17, 15) is 13.2 Å². The van der Waals surface area contributed by atoms with Crippen LogP contribution in [0.2, 0.25) is 5.02 Å². The van der Waals surface area contributed by atoms with Crippen LogP contribution >= 0.6 is 11.6 Å². The van der Waals surface area contributed by atoms with E-state index in [-0.39, 0.29) is 38.3 Å². The van der Waals surface area contributed by atoms with Gasteiger partial charge in [0.05, 0.1) is 12.6 Å². The summed E-state index contributed by atoms with van der Waals surface area (Å²) in [6.07, 6.45) is 0.193. The third-order valence-corrected chi connectivity index (χ3v) is 7.97. The molecular weight excluding hydrogens is 380 g/mol. The molecule has 3 heterocycles. The maximum absolute atomic E-state index is 13.1. The molecule has 3 fully saturated rings. The van der Waals surface area contributed by atoms with Crippen molar-refractivity contribution in [1.82, 2.24) is 9.21 Å². The maximum atomic E-state index is 13.1. The van der Waals surface area contributed by atoms with Crippen molar-refractivity contribution in [1.29, 1.82) is 0 Å². The van der Waals surface area contributed by atoms with Crippen LogP contribution in [0.15, 0.2) is 24.3 Å². The highest BCUT2D eigenvalue weighted by Crippen LogP contribution is 2.46. The Morgan fingerprint density at radius 3 is 2.77 bits per heavy atom. The molecule has 3 saturated heterocycles. The molecule has 1 aromatic carbocycles. The van der Waals surface area contributed by atoms with E-state index in [0.29, 0.717) is 18.0 Å². The normalized spacial score (nSPS) is 32.6. The number of rotatable bonds is 4. The van der Waals surface area contributed by atoms with Crippen LogP contribution in [0.5, 0.6) is 0 Å². The SMILES string of the molecule is COCC(=O)N1C[C@H]2C[C@H]3[C@](C1)(CN(Cc1ccc(Cl)cc1)S3(=O)=O)O2. The Morgan fingerprint density at radius 2 is 2.08 bits per heavy atom. The second-order valence-electron chi connectivity index (χ2n) is 7.18. The number of ether oxygens (including phenoxy) is 2. The number of hydrogen-bond donors (Lipinski definition) is 0. The number of likely N-dealkylation sites (tertiary alicyclic amines) is 1. The molecule has 142 valence electrons. The highest BCUT2D eigenvalue weighted by Gasteiger charge is 2.65. The van der Waals surface area contributed by atoms with Gasteiger partial charge in [0.2, 0.25) is 15.9 Å². The summed E-state index contributed by atoms with van der Waals surface area (Å²) in [4.78, 5) is 13.9. The van der Waals surface area contributed by atoms with Crippen molar-refractivity contribution in [3.63, 3.8) is 0 Å². The molecule has 0 N–H and O–H groups in total. The third-order valence-electron chi connectivity index (χ3n) is 5.40. The summed E-state index contributed by atoms with van der Waals surface area (Å²) >= 11 is 5.90. The van der Waals surface area contributed by atoms with Gasteiger partial charge in [-0.05, 0) is 24.1 Å². The van der Waals surface area contributed by atoms with Crippen LogP contribution in [0.25, 0.3) is 0 Å². The highest BCUT2D eigenvalue weighted by atomic mass is 35.5. The zero-order valence-corrected chi connectivity index (χ0v) is 16.0. The lowest BCUT2D eigenvalue weighted by atomic mass is 9.99. The topological polar surface area (TPSA) is 76.2 Å². The minimum atomic E-state index is -3.49. The van der Waals surface area contributed by atoms with E-state index in [1.54, 1.807) is 17.0 Å². The number of carbonyl (C=O) groups is 1. The zero-order valence-electron chi connectivity index (χ0n) is 14.4. The monoisotopic (exact) mass is 400 g/mol. The molecule has 1 aromatic rings. The molecule has 1 spiro atoms. The van der Waals surface area contributed by atoms with Gasteiger partial charge < -0.3 is 14.4 Å². The third kappa shape index (κ3) is 2.93. The van der Waals surface area contributed by atoms with Crippen molar-refractivity contribution in [3.05, 3.63) is 34.9 Å². The summed E-state index contributed by atoms with van der Waals surface area (Å²) in [6, 6.07) is 7.14. The van der Waals surface area contributed by atoms with Crippen molar-refractivity contribution in [2.75, 3.05) is 33.4 Å². The number of amides is 1. The summed E-state index contributed by atoms with van der Waals surface area (Å²) in [6.45, 7) is 1.24. The average Bonchev–Trinajstić information content (AvgIpc) is 2.96. The predicted octanol–water partition coefficient (Wildman–Crippen LogP) is 0.870. The van der Waals surface area contributed by atoms with Gasteiger partial charge >= 0.3 is 0 Å². The van der Waals surface area contributed by atoms with E-state index in [1.807, 2.05) is 12.1 Å². The molecule has 2 bridgehead atoms. The zero-order chi connectivity index (χ0) is 18.5. The van der Waals surface area contributed by atoms with E-state index in [4.69, 9.17) is 21.1 Å². The number of hydrogen-bond acceptors (Lipinski definition) is 5. The Balaban J connectivity index is 1.57. The molecule has 26 heavy (non-hydrogen) atoms. The van der Waals surface area contributed by atoms with Crippen molar-refractivity contribution < 1.29 is 22.7 Å². The van der Waals surface area contributed by atoms with E-state index >= 15 is 0 Å². The minimum absolute atomic E-state index is 0.00525. The molecule has 0 aliphatic carbocycles. The first kappa shape index (κ1) is 18.2. The molecule has 4 rings (SSSR count). The molecule has 3 aliphatic rings. The van der Waals surface area contributed by atoms with Gasteiger partial charge in [-0.1, -0.05) is 23.7 Å². The molecule has 1 amide bonds. The molecule has 0 saturated carbocycles. The van der Waals surface area contributed by atoms with Gasteiger partial charge in [0.25, 0.3) is 0 Å². The van der Waals surface area contributed by atoms with Crippen LogP contribution in [-0.4, -0.2) is 73.8 Å². The lowest BCUT2D eigenvalue weighted by Crippen LogP contribution is -2.57. The van der Waals surface area contributed by atoms with Crippen LogP contribution in [0, 0.1) is 0 Å². The summed E-state index contributed by atoms with van der Waals surface area (Å²) in [5.74, 6) is -0.130. The lowest BCUT2D eigenvalue weighted by molar-refractivity contribution is -0.154. The van der Waals surface area contributed by atoms with Crippen LogP contribution in [-0.2, 0) is 30.8 Å². The summed E-state index contributed by atoms with van der Waals surface area (Å²) in [7, 11) is -2.02. The molecule has 0 aromatic heterocycles. The number of methoxy groups -OCH3 is 1. The molecule has 0 unspecified atom stereocenters. The summed E-state index contributed by atoms with van der Waals surface area (Å²) in [5, 5.41) is 0.00638. The second-order valence-corrected chi connectivity index (χ2v) is 9.73.